The fourth-order valence-corrected chi connectivity index (χ4v) is 9.28. The molecule has 3 N–H and O–H groups in total. The van der Waals surface area contributed by atoms with Crippen LogP contribution in [0, 0.1) is 34.4 Å². The van der Waals surface area contributed by atoms with Crippen LogP contribution in [0.3, 0.4) is 0 Å². The van der Waals surface area contributed by atoms with Gasteiger partial charge in [0.05, 0.1) is 23.8 Å². The number of aromatic nitrogens is 2. The van der Waals surface area contributed by atoms with Crippen molar-refractivity contribution >= 4 is 35.1 Å². The Hall–Kier alpha value is -3.24. The molecule has 0 amide bonds. The summed E-state index contributed by atoms with van der Waals surface area (Å²) >= 11 is 4.27. The molecule has 0 aliphatic heterocycles. The molecule has 7 atom stereocenters. The number of aliphatic hydroxyl groups excluding tert-OH is 1. The number of esters is 1. The summed E-state index contributed by atoms with van der Waals surface area (Å²) in [4.78, 5) is 35.3. The number of hydrogen-bond donors (Lipinski definition) is 3. The SMILES string of the molecule is Cn1cnc(C(=O)OC2(C(=O)S)CCC3C4CCC5=CC(=Nc6ccc(F)cc6)C(=CN)CC5(C)C4C(O)CC32C)c1. The second-order valence-corrected chi connectivity index (χ2v) is 13.3. The molecule has 0 saturated heterocycles. The van der Waals surface area contributed by atoms with Crippen LogP contribution in [0.5, 0.6) is 0 Å². The fourth-order valence-electron chi connectivity index (χ4n) is 8.87. The molecule has 8 nitrogen and oxygen atoms in total. The maximum absolute atomic E-state index is 13.5. The van der Waals surface area contributed by atoms with Gasteiger partial charge in [0.2, 0.25) is 5.12 Å². The normalized spacial score (nSPS) is 37.5. The van der Waals surface area contributed by atoms with Crippen molar-refractivity contribution in [2.45, 2.75) is 64.1 Å². The van der Waals surface area contributed by atoms with Gasteiger partial charge in [0.25, 0.3) is 0 Å². The van der Waals surface area contributed by atoms with Crippen LogP contribution in [-0.4, -0.2) is 43.2 Å². The molecule has 6 rings (SSSR count). The third-order valence-corrected chi connectivity index (χ3v) is 11.2. The number of halogens is 1. The first-order valence-electron chi connectivity index (χ1n) is 14.5. The maximum Gasteiger partial charge on any atom is 0.359 e. The third kappa shape index (κ3) is 4.28. The Kier molecular flexibility index (Phi) is 7.00. The molecule has 7 unspecified atom stereocenters. The minimum absolute atomic E-state index is 0.0523. The average molecular weight is 593 g/mol. The molecule has 0 spiro atoms. The Balaban J connectivity index is 1.34. The van der Waals surface area contributed by atoms with Gasteiger partial charge < -0.3 is 20.1 Å². The van der Waals surface area contributed by atoms with Crippen molar-refractivity contribution in [3.63, 3.8) is 0 Å². The number of nitrogens with two attached hydrogens (primary N) is 1. The lowest BCUT2D eigenvalue weighted by atomic mass is 9.45. The van der Waals surface area contributed by atoms with Gasteiger partial charge in [-0.15, -0.1) is 12.6 Å². The molecular formula is C32H37FN4O4S. The Morgan fingerprint density at radius 2 is 2.00 bits per heavy atom. The molecule has 4 aliphatic rings. The van der Waals surface area contributed by atoms with E-state index < -0.39 is 28.2 Å². The second kappa shape index (κ2) is 10.2. The zero-order valence-electron chi connectivity index (χ0n) is 24.1. The molecule has 222 valence electrons. The number of benzene rings is 1. The Bertz CT molecular complexity index is 1530. The van der Waals surface area contributed by atoms with Crippen LogP contribution in [0.1, 0.15) is 62.9 Å². The number of aryl methyl sites for hydroxylation is 1. The summed E-state index contributed by atoms with van der Waals surface area (Å²) in [7, 11) is 1.76. The van der Waals surface area contributed by atoms with Crippen LogP contribution >= 0.6 is 12.6 Å². The predicted molar refractivity (Wildman–Crippen MR) is 160 cm³/mol. The summed E-state index contributed by atoms with van der Waals surface area (Å²) in [5, 5.41) is 11.5. The lowest BCUT2D eigenvalue weighted by Gasteiger charge is -2.60. The summed E-state index contributed by atoms with van der Waals surface area (Å²) in [6, 6.07) is 6.05. The van der Waals surface area contributed by atoms with E-state index in [9.17, 15) is 19.1 Å². The number of hydrogen-bond acceptors (Lipinski definition) is 7. The van der Waals surface area contributed by atoms with E-state index in [1.165, 1.54) is 24.0 Å². The summed E-state index contributed by atoms with van der Waals surface area (Å²) in [5.41, 5.74) is 7.15. The van der Waals surface area contributed by atoms with Gasteiger partial charge in [-0.25, -0.2) is 19.2 Å². The number of carbonyl (C=O) groups is 2. The number of ether oxygens (including phenoxy) is 1. The van der Waals surface area contributed by atoms with Crippen molar-refractivity contribution in [2.75, 3.05) is 0 Å². The number of fused-ring (bicyclic) bond motifs is 5. The number of rotatable bonds is 4. The Morgan fingerprint density at radius 1 is 1.26 bits per heavy atom. The highest BCUT2D eigenvalue weighted by Crippen LogP contribution is 2.68. The molecule has 4 aliphatic carbocycles. The number of carbonyl (C=O) groups excluding carboxylic acids is 2. The highest BCUT2D eigenvalue weighted by Gasteiger charge is 2.70. The van der Waals surface area contributed by atoms with Gasteiger partial charge in [0, 0.05) is 18.7 Å². The van der Waals surface area contributed by atoms with E-state index in [0.29, 0.717) is 31.4 Å². The minimum atomic E-state index is -1.46. The van der Waals surface area contributed by atoms with Crippen molar-refractivity contribution in [3.8, 4) is 0 Å². The van der Waals surface area contributed by atoms with E-state index in [0.717, 1.165) is 24.1 Å². The Morgan fingerprint density at radius 3 is 2.64 bits per heavy atom. The summed E-state index contributed by atoms with van der Waals surface area (Å²) in [6.45, 7) is 4.18. The third-order valence-electron chi connectivity index (χ3n) is 10.8. The summed E-state index contributed by atoms with van der Waals surface area (Å²) in [5.74, 6) is -0.887. The number of nitrogens with zero attached hydrogens (tertiary/aromatic N) is 3. The first-order valence-corrected chi connectivity index (χ1v) is 15.0. The van der Waals surface area contributed by atoms with E-state index in [4.69, 9.17) is 15.5 Å². The fraction of sp³-hybridized carbons (Fsp3) is 0.500. The highest BCUT2D eigenvalue weighted by atomic mass is 32.1. The van der Waals surface area contributed by atoms with Gasteiger partial charge in [0.1, 0.15) is 5.82 Å². The molecule has 1 aromatic carbocycles. The largest absolute Gasteiger partial charge is 0.445 e. The van der Waals surface area contributed by atoms with E-state index in [1.807, 2.05) is 6.92 Å². The molecule has 0 bridgehead atoms. The molecule has 1 aromatic heterocycles. The average Bonchev–Trinajstić information content (AvgIpc) is 3.50. The number of thiol groups is 1. The van der Waals surface area contributed by atoms with Crippen LogP contribution < -0.4 is 5.73 Å². The van der Waals surface area contributed by atoms with Crippen molar-refractivity contribution in [1.29, 1.82) is 0 Å². The first-order chi connectivity index (χ1) is 19.9. The molecule has 2 aromatic rings. The van der Waals surface area contributed by atoms with Crippen LogP contribution in [0.25, 0.3) is 0 Å². The molecular weight excluding hydrogens is 555 g/mol. The first kappa shape index (κ1) is 28.9. The van der Waals surface area contributed by atoms with Gasteiger partial charge >= 0.3 is 5.97 Å². The van der Waals surface area contributed by atoms with Gasteiger partial charge in [-0.2, -0.15) is 0 Å². The standard InChI is InChI=1S/C32H37FN4O4S/c1-30-13-18(15-34)24(36-21-7-5-20(33)6-8-21)12-19(30)4-9-22-23-10-11-32(29(40)42,31(23,2)14-26(38)27(22)30)41-28(39)25-16-37(3)17-35-25/h5-8,12,15-17,22-23,26-27,38H,4,9-11,13-14,34H2,1-3H3,(H,40,42). The topological polar surface area (TPSA) is 120 Å². The number of aliphatic imine (C=N–C) groups is 1. The quantitative estimate of drug-likeness (QED) is 0.337. The number of allylic oxidation sites excluding steroid dienone is 3. The summed E-state index contributed by atoms with van der Waals surface area (Å²) < 4.78 is 21.2. The second-order valence-electron chi connectivity index (χ2n) is 12.9. The van der Waals surface area contributed by atoms with Gasteiger partial charge in [0.15, 0.2) is 11.3 Å². The van der Waals surface area contributed by atoms with E-state index in [2.05, 4.69) is 30.6 Å². The van der Waals surface area contributed by atoms with E-state index >= 15 is 0 Å². The van der Waals surface area contributed by atoms with Crippen molar-refractivity contribution < 1.29 is 23.8 Å². The number of imidazole rings is 1. The van der Waals surface area contributed by atoms with E-state index in [-0.39, 0.29) is 34.7 Å². The zero-order valence-corrected chi connectivity index (χ0v) is 25.0. The van der Waals surface area contributed by atoms with Crippen molar-refractivity contribution in [1.82, 2.24) is 9.55 Å². The highest BCUT2D eigenvalue weighted by molar-refractivity contribution is 7.96. The van der Waals surface area contributed by atoms with Crippen molar-refractivity contribution in [2.24, 2.45) is 46.4 Å². The van der Waals surface area contributed by atoms with Crippen LogP contribution in [-0.2, 0) is 16.6 Å². The van der Waals surface area contributed by atoms with Crippen LogP contribution in [0.15, 0.2) is 65.2 Å². The van der Waals surface area contributed by atoms with E-state index in [1.54, 1.807) is 36.1 Å². The zero-order chi connectivity index (χ0) is 30.0. The van der Waals surface area contributed by atoms with Crippen LogP contribution in [0.2, 0.25) is 0 Å². The monoisotopic (exact) mass is 592 g/mol. The molecule has 0 radical (unpaired) electrons. The van der Waals surface area contributed by atoms with Crippen LogP contribution in [0.4, 0.5) is 10.1 Å². The van der Waals surface area contributed by atoms with Gasteiger partial charge in [-0.3, -0.25) is 4.79 Å². The lowest BCUT2D eigenvalue weighted by Crippen LogP contribution is -2.62. The van der Waals surface area contributed by atoms with Gasteiger partial charge in [-0.1, -0.05) is 19.4 Å². The molecule has 3 saturated carbocycles. The van der Waals surface area contributed by atoms with Crippen molar-refractivity contribution in [3.05, 3.63) is 71.7 Å². The summed E-state index contributed by atoms with van der Waals surface area (Å²) in [6.07, 6.45) is 9.63. The minimum Gasteiger partial charge on any atom is -0.445 e. The Labute approximate surface area is 250 Å². The molecule has 3 fully saturated rings. The molecule has 10 heteroatoms. The smallest absolute Gasteiger partial charge is 0.359 e. The predicted octanol–water partition coefficient (Wildman–Crippen LogP) is 5.07. The maximum atomic E-state index is 13.5. The molecule has 1 heterocycles. The molecule has 42 heavy (non-hydrogen) atoms. The van der Waals surface area contributed by atoms with Gasteiger partial charge in [-0.05, 0) is 104 Å². The lowest BCUT2D eigenvalue weighted by molar-refractivity contribution is -0.174. The number of aliphatic hydroxyl groups is 1.